The predicted molar refractivity (Wildman–Crippen MR) is 147 cm³/mol. The summed E-state index contributed by atoms with van der Waals surface area (Å²) in [5, 5.41) is 3.27. The number of aryl methyl sites for hydroxylation is 1. The van der Waals surface area contributed by atoms with E-state index >= 15 is 0 Å². The Bertz CT molecular complexity index is 1410. The van der Waals surface area contributed by atoms with E-state index < -0.39 is 36.2 Å². The van der Waals surface area contributed by atoms with Crippen molar-refractivity contribution in [1.29, 1.82) is 0 Å². The summed E-state index contributed by atoms with van der Waals surface area (Å²) in [6.45, 7) is 10.7. The molecule has 208 valence electrons. The molecular weight excluding hydrogens is 537 g/mol. The number of halogens is 3. The van der Waals surface area contributed by atoms with Gasteiger partial charge in [-0.3, -0.25) is 13.9 Å². The second-order valence-electron chi connectivity index (χ2n) is 11.5. The number of pyridine rings is 1. The van der Waals surface area contributed by atoms with Crippen LogP contribution in [-0.4, -0.2) is 55.6 Å². The van der Waals surface area contributed by atoms with E-state index in [1.807, 2.05) is 0 Å². The standard InChI is InChI=1S/C25H33F3N4O4SSi/c1-23(2,3)38(5,6)36-24(13-37(34,35)14-24)12-30-21-19-20(31-15-32(4)22(19)33)18(11-29-21)16-7-9-17(10-8-16)25(26,27)28/h7-11,15,34-35H,12-14H2,1-6H3,(H,29,30). The van der Waals surface area contributed by atoms with Crippen molar-refractivity contribution in [2.24, 2.45) is 7.05 Å². The van der Waals surface area contributed by atoms with Gasteiger partial charge in [0.1, 0.15) is 16.8 Å². The average Bonchev–Trinajstić information content (AvgIpc) is 2.77. The molecule has 1 aliphatic heterocycles. The minimum absolute atomic E-state index is 0.0807. The van der Waals surface area contributed by atoms with Gasteiger partial charge < -0.3 is 14.3 Å². The highest BCUT2D eigenvalue weighted by molar-refractivity contribution is 8.25. The van der Waals surface area contributed by atoms with Crippen LogP contribution in [0.3, 0.4) is 0 Å². The van der Waals surface area contributed by atoms with Crippen LogP contribution in [-0.2, 0) is 17.6 Å². The minimum atomic E-state index is -4.47. The van der Waals surface area contributed by atoms with Crippen LogP contribution in [0.2, 0.25) is 18.1 Å². The number of anilines is 1. The summed E-state index contributed by atoms with van der Waals surface area (Å²) in [5.74, 6) is 0.403. The van der Waals surface area contributed by atoms with Crippen LogP contribution in [0.25, 0.3) is 22.0 Å². The van der Waals surface area contributed by atoms with Crippen LogP contribution < -0.4 is 10.9 Å². The van der Waals surface area contributed by atoms with E-state index in [0.29, 0.717) is 16.6 Å². The molecule has 38 heavy (non-hydrogen) atoms. The lowest BCUT2D eigenvalue weighted by atomic mass is 10.0. The highest BCUT2D eigenvalue weighted by Crippen LogP contribution is 2.57. The Hall–Kier alpha value is -2.45. The van der Waals surface area contributed by atoms with Crippen LogP contribution in [0.15, 0.2) is 41.6 Å². The van der Waals surface area contributed by atoms with Crippen LogP contribution >= 0.6 is 10.6 Å². The summed E-state index contributed by atoms with van der Waals surface area (Å²) in [4.78, 5) is 22.0. The Kier molecular flexibility index (Phi) is 7.01. The summed E-state index contributed by atoms with van der Waals surface area (Å²) < 4.78 is 67.5. The first-order chi connectivity index (χ1) is 17.3. The third kappa shape index (κ3) is 5.48. The number of benzene rings is 1. The van der Waals surface area contributed by atoms with Gasteiger partial charge in [0.15, 0.2) is 8.32 Å². The molecule has 0 bridgehead atoms. The highest BCUT2D eigenvalue weighted by atomic mass is 32.3. The first-order valence-corrected chi connectivity index (χ1v) is 16.8. The van der Waals surface area contributed by atoms with Gasteiger partial charge in [-0.2, -0.15) is 23.8 Å². The zero-order valence-electron chi connectivity index (χ0n) is 22.2. The van der Waals surface area contributed by atoms with Crippen molar-refractivity contribution in [2.45, 2.75) is 50.7 Å². The van der Waals surface area contributed by atoms with Gasteiger partial charge in [-0.05, 0) is 35.8 Å². The number of hydrogen-bond acceptors (Lipinski definition) is 7. The summed E-state index contributed by atoms with van der Waals surface area (Å²) in [5.41, 5.74) is -0.844. The van der Waals surface area contributed by atoms with Gasteiger partial charge in [-0.1, -0.05) is 32.9 Å². The number of nitrogens with zero attached hydrogens (tertiary/aromatic N) is 3. The number of hydrogen-bond donors (Lipinski definition) is 3. The van der Waals surface area contributed by atoms with Gasteiger partial charge in [0.25, 0.3) is 5.56 Å². The lowest BCUT2D eigenvalue weighted by molar-refractivity contribution is -0.137. The zero-order chi connectivity index (χ0) is 28.3. The van der Waals surface area contributed by atoms with Gasteiger partial charge in [0, 0.05) is 25.4 Å². The molecule has 2 aromatic heterocycles. The molecule has 0 amide bonds. The molecule has 4 rings (SSSR count). The fraction of sp³-hybridized carbons (Fsp3) is 0.480. The van der Waals surface area contributed by atoms with E-state index in [9.17, 15) is 27.1 Å². The molecule has 1 saturated heterocycles. The largest absolute Gasteiger partial charge is 0.416 e. The predicted octanol–water partition coefficient (Wildman–Crippen LogP) is 5.95. The first-order valence-electron chi connectivity index (χ1n) is 12.0. The van der Waals surface area contributed by atoms with Crippen LogP contribution in [0.4, 0.5) is 19.0 Å². The molecule has 0 aliphatic carbocycles. The second-order valence-corrected chi connectivity index (χ2v) is 18.4. The van der Waals surface area contributed by atoms with Crippen molar-refractivity contribution in [1.82, 2.24) is 14.5 Å². The van der Waals surface area contributed by atoms with E-state index in [1.54, 1.807) is 7.05 Å². The van der Waals surface area contributed by atoms with Crippen molar-refractivity contribution < 1.29 is 26.7 Å². The first kappa shape index (κ1) is 28.6. The van der Waals surface area contributed by atoms with Crippen molar-refractivity contribution in [3.63, 3.8) is 0 Å². The van der Waals surface area contributed by atoms with Gasteiger partial charge >= 0.3 is 6.18 Å². The maximum atomic E-state index is 13.2. The number of nitrogens with one attached hydrogen (secondary N) is 1. The number of fused-ring (bicyclic) bond motifs is 1. The smallest absolute Gasteiger partial charge is 0.406 e. The molecule has 0 spiro atoms. The van der Waals surface area contributed by atoms with E-state index in [-0.39, 0.29) is 39.9 Å². The molecule has 1 aliphatic rings. The highest BCUT2D eigenvalue weighted by Gasteiger charge is 2.54. The quantitative estimate of drug-likeness (QED) is 0.314. The summed E-state index contributed by atoms with van der Waals surface area (Å²) >= 11 is 0. The second kappa shape index (κ2) is 9.33. The van der Waals surface area contributed by atoms with Gasteiger partial charge in [0.05, 0.1) is 28.9 Å². The summed E-state index contributed by atoms with van der Waals surface area (Å²) in [7, 11) is -3.48. The minimum Gasteiger partial charge on any atom is -0.406 e. The monoisotopic (exact) mass is 570 g/mol. The lowest BCUT2D eigenvalue weighted by Gasteiger charge is -2.59. The van der Waals surface area contributed by atoms with Crippen molar-refractivity contribution in [2.75, 3.05) is 23.4 Å². The Morgan fingerprint density at radius 1 is 1.13 bits per heavy atom. The Morgan fingerprint density at radius 3 is 2.26 bits per heavy atom. The molecule has 8 nitrogen and oxygen atoms in total. The Labute approximate surface area is 221 Å². The van der Waals surface area contributed by atoms with Crippen molar-refractivity contribution in [3.8, 4) is 11.1 Å². The van der Waals surface area contributed by atoms with Crippen LogP contribution in [0, 0.1) is 0 Å². The van der Waals surface area contributed by atoms with Gasteiger partial charge in [-0.15, -0.1) is 0 Å². The third-order valence-electron chi connectivity index (χ3n) is 7.31. The lowest BCUT2D eigenvalue weighted by Crippen LogP contribution is -2.63. The van der Waals surface area contributed by atoms with E-state index in [0.717, 1.165) is 12.1 Å². The fourth-order valence-electron chi connectivity index (χ4n) is 4.33. The van der Waals surface area contributed by atoms with E-state index in [2.05, 4.69) is 49.1 Å². The summed E-state index contributed by atoms with van der Waals surface area (Å²) in [6.07, 6.45) is -1.64. The van der Waals surface area contributed by atoms with Crippen LogP contribution in [0.5, 0.6) is 0 Å². The van der Waals surface area contributed by atoms with E-state index in [4.69, 9.17) is 4.43 Å². The van der Waals surface area contributed by atoms with Crippen molar-refractivity contribution in [3.05, 3.63) is 52.7 Å². The molecule has 0 radical (unpaired) electrons. The Morgan fingerprint density at radius 2 is 1.74 bits per heavy atom. The topological polar surface area (TPSA) is 110 Å². The number of rotatable bonds is 6. The molecule has 3 heterocycles. The third-order valence-corrected chi connectivity index (χ3v) is 13.8. The molecule has 1 fully saturated rings. The number of aromatic nitrogens is 3. The van der Waals surface area contributed by atoms with Gasteiger partial charge in [-0.25, -0.2) is 9.97 Å². The fourth-order valence-corrected chi connectivity index (χ4v) is 8.07. The van der Waals surface area contributed by atoms with Crippen LogP contribution in [0.1, 0.15) is 26.3 Å². The SMILES string of the molecule is Cn1cnc2c(-c3ccc(C(F)(F)F)cc3)cnc(NCC3(O[Si](C)(C)C(C)(C)C)CS(O)(O)C3)c2c1=O. The average molecular weight is 571 g/mol. The normalized spacial score (nSPS) is 18.2. The Balaban J connectivity index is 1.72. The zero-order valence-corrected chi connectivity index (χ0v) is 24.0. The molecule has 3 aromatic rings. The van der Waals surface area contributed by atoms with Crippen molar-refractivity contribution >= 4 is 35.6 Å². The molecule has 13 heteroatoms. The molecular formula is C25H33F3N4O4SSi. The molecule has 3 N–H and O–H groups in total. The maximum absolute atomic E-state index is 13.2. The molecule has 0 saturated carbocycles. The van der Waals surface area contributed by atoms with E-state index in [1.165, 1.54) is 29.2 Å². The maximum Gasteiger partial charge on any atom is 0.416 e. The molecule has 0 unspecified atom stereocenters. The molecule has 1 aromatic carbocycles. The number of alkyl halides is 3. The molecule has 0 atom stereocenters. The summed E-state index contributed by atoms with van der Waals surface area (Å²) in [6, 6.07) is 4.61. The van der Waals surface area contributed by atoms with Gasteiger partial charge in [0.2, 0.25) is 0 Å².